The minimum atomic E-state index is -0.262. The van der Waals surface area contributed by atoms with Gasteiger partial charge in [0.05, 0.1) is 19.1 Å². The van der Waals surface area contributed by atoms with Crippen LogP contribution >= 0.6 is 11.6 Å². The molecule has 1 aliphatic rings. The molecule has 1 unspecified atom stereocenters. The number of imide groups is 1. The summed E-state index contributed by atoms with van der Waals surface area (Å²) >= 11 is 5.89. The maximum absolute atomic E-state index is 12.1. The average molecular weight is 267 g/mol. The smallest absolute Gasteiger partial charge is 0.246 e. The molecule has 0 spiro atoms. The van der Waals surface area contributed by atoms with E-state index in [-0.39, 0.29) is 30.9 Å². The van der Waals surface area contributed by atoms with Crippen LogP contribution in [0.15, 0.2) is 24.3 Å². The largest absolute Gasteiger partial charge is 0.297 e. The van der Waals surface area contributed by atoms with Crippen LogP contribution in [-0.4, -0.2) is 29.3 Å². The van der Waals surface area contributed by atoms with Gasteiger partial charge in [0.15, 0.2) is 0 Å². The Bertz CT molecular complexity index is 476. The number of rotatable bonds is 3. The van der Waals surface area contributed by atoms with E-state index in [2.05, 4.69) is 5.32 Å². The van der Waals surface area contributed by atoms with Crippen molar-refractivity contribution < 1.29 is 9.59 Å². The number of nitrogens with one attached hydrogen (secondary N) is 1. The van der Waals surface area contributed by atoms with Crippen LogP contribution in [0.4, 0.5) is 0 Å². The number of hydrogen-bond donors (Lipinski definition) is 1. The van der Waals surface area contributed by atoms with Crippen molar-refractivity contribution in [3.05, 3.63) is 34.9 Å². The third-order valence-corrected chi connectivity index (χ3v) is 3.24. The van der Waals surface area contributed by atoms with Crippen molar-refractivity contribution in [2.24, 2.45) is 0 Å². The van der Waals surface area contributed by atoms with Crippen LogP contribution < -0.4 is 5.32 Å². The third kappa shape index (κ3) is 2.71. The van der Waals surface area contributed by atoms with Crippen LogP contribution in [0.25, 0.3) is 0 Å². The molecule has 1 heterocycles. The van der Waals surface area contributed by atoms with Crippen molar-refractivity contribution >= 4 is 23.4 Å². The van der Waals surface area contributed by atoms with Crippen molar-refractivity contribution in [2.75, 3.05) is 6.54 Å². The lowest BCUT2D eigenvalue weighted by Gasteiger charge is -2.31. The van der Waals surface area contributed by atoms with Gasteiger partial charge in [-0.2, -0.15) is 0 Å². The summed E-state index contributed by atoms with van der Waals surface area (Å²) in [6.07, 6.45) is 0.679. The van der Waals surface area contributed by atoms with E-state index in [1.54, 1.807) is 12.1 Å². The molecule has 1 aromatic carbocycles. The van der Waals surface area contributed by atoms with Gasteiger partial charge in [-0.3, -0.25) is 19.8 Å². The van der Waals surface area contributed by atoms with Gasteiger partial charge in [-0.25, -0.2) is 0 Å². The fraction of sp³-hybridized carbons (Fsp3) is 0.385. The molecule has 0 aromatic heterocycles. The lowest BCUT2D eigenvalue weighted by atomic mass is 10.1. The van der Waals surface area contributed by atoms with Crippen molar-refractivity contribution in [3.8, 4) is 0 Å². The van der Waals surface area contributed by atoms with Crippen LogP contribution in [0.1, 0.15) is 18.9 Å². The summed E-state index contributed by atoms with van der Waals surface area (Å²) in [6, 6.07) is 6.94. The van der Waals surface area contributed by atoms with Crippen LogP contribution in [0.5, 0.6) is 0 Å². The second-order valence-corrected chi connectivity index (χ2v) is 4.73. The molecule has 1 saturated heterocycles. The second-order valence-electron chi connectivity index (χ2n) is 4.29. The first kappa shape index (κ1) is 13.1. The van der Waals surface area contributed by atoms with Gasteiger partial charge in [-0.05, 0) is 24.1 Å². The summed E-state index contributed by atoms with van der Waals surface area (Å²) < 4.78 is 0. The maximum Gasteiger partial charge on any atom is 0.246 e. The minimum Gasteiger partial charge on any atom is -0.297 e. The highest BCUT2D eigenvalue weighted by Gasteiger charge is 2.32. The molecule has 1 aliphatic heterocycles. The van der Waals surface area contributed by atoms with Crippen LogP contribution in [-0.2, 0) is 16.1 Å². The zero-order valence-corrected chi connectivity index (χ0v) is 10.9. The first-order chi connectivity index (χ1) is 8.61. The Morgan fingerprint density at radius 3 is 2.89 bits per heavy atom. The number of amides is 2. The summed E-state index contributed by atoms with van der Waals surface area (Å²) in [6.45, 7) is 2.42. The standard InChI is InChI=1S/C13H15ClN2O2/c1-2-11-13(18)16(12(17)7-15-11)8-9-4-3-5-10(14)6-9/h3-6,11,15H,2,7-8H2,1H3. The quantitative estimate of drug-likeness (QED) is 0.845. The number of hydrogen-bond acceptors (Lipinski definition) is 3. The number of nitrogens with zero attached hydrogens (tertiary/aromatic N) is 1. The van der Waals surface area contributed by atoms with Crippen molar-refractivity contribution in [2.45, 2.75) is 25.9 Å². The molecule has 5 heteroatoms. The van der Waals surface area contributed by atoms with E-state index in [4.69, 9.17) is 11.6 Å². The molecule has 4 nitrogen and oxygen atoms in total. The van der Waals surface area contributed by atoms with Crippen molar-refractivity contribution in [3.63, 3.8) is 0 Å². The van der Waals surface area contributed by atoms with Gasteiger partial charge >= 0.3 is 0 Å². The zero-order chi connectivity index (χ0) is 13.1. The fourth-order valence-electron chi connectivity index (χ4n) is 2.01. The molecule has 1 fully saturated rings. The number of benzene rings is 1. The monoisotopic (exact) mass is 266 g/mol. The molecule has 18 heavy (non-hydrogen) atoms. The molecule has 2 amide bonds. The maximum atomic E-state index is 12.1. The molecule has 1 atom stereocenters. The Labute approximate surface area is 111 Å². The zero-order valence-electron chi connectivity index (χ0n) is 10.1. The SMILES string of the molecule is CCC1NCC(=O)N(Cc2cccc(Cl)c2)C1=O. The molecule has 2 rings (SSSR count). The molecule has 0 radical (unpaired) electrons. The van der Waals surface area contributed by atoms with E-state index >= 15 is 0 Å². The highest BCUT2D eigenvalue weighted by atomic mass is 35.5. The second kappa shape index (κ2) is 5.50. The van der Waals surface area contributed by atoms with Crippen molar-refractivity contribution in [1.29, 1.82) is 0 Å². The van der Waals surface area contributed by atoms with Crippen LogP contribution in [0.2, 0.25) is 5.02 Å². The van der Waals surface area contributed by atoms with Gasteiger partial charge in [-0.1, -0.05) is 30.7 Å². The molecule has 96 valence electrons. The van der Waals surface area contributed by atoms with Gasteiger partial charge in [0.25, 0.3) is 0 Å². The lowest BCUT2D eigenvalue weighted by Crippen LogP contribution is -2.57. The summed E-state index contributed by atoms with van der Waals surface area (Å²) in [5.74, 6) is -0.349. The molecule has 1 N–H and O–H groups in total. The highest BCUT2D eigenvalue weighted by Crippen LogP contribution is 2.15. The Balaban J connectivity index is 2.15. The van der Waals surface area contributed by atoms with E-state index in [1.165, 1.54) is 4.90 Å². The summed E-state index contributed by atoms with van der Waals surface area (Å²) in [4.78, 5) is 25.1. The average Bonchev–Trinajstić information content (AvgIpc) is 2.35. The molecule has 0 saturated carbocycles. The minimum absolute atomic E-state index is 0.159. The summed E-state index contributed by atoms with van der Waals surface area (Å²) in [5.41, 5.74) is 0.862. The first-order valence-electron chi connectivity index (χ1n) is 5.94. The molecule has 1 aromatic rings. The van der Waals surface area contributed by atoms with Crippen LogP contribution in [0.3, 0.4) is 0 Å². The van der Waals surface area contributed by atoms with Gasteiger partial charge in [0, 0.05) is 5.02 Å². The Morgan fingerprint density at radius 1 is 1.44 bits per heavy atom. The van der Waals surface area contributed by atoms with E-state index in [1.807, 2.05) is 19.1 Å². The first-order valence-corrected chi connectivity index (χ1v) is 6.31. The van der Waals surface area contributed by atoms with E-state index in [9.17, 15) is 9.59 Å². The summed E-state index contributed by atoms with van der Waals surface area (Å²) in [7, 11) is 0. The van der Waals surface area contributed by atoms with Gasteiger partial charge in [-0.15, -0.1) is 0 Å². The molecular weight excluding hydrogens is 252 g/mol. The van der Waals surface area contributed by atoms with E-state index < -0.39 is 0 Å². The van der Waals surface area contributed by atoms with Gasteiger partial charge in [0.1, 0.15) is 0 Å². The van der Waals surface area contributed by atoms with Gasteiger partial charge < -0.3 is 0 Å². The van der Waals surface area contributed by atoms with Crippen LogP contribution in [0, 0.1) is 0 Å². The highest BCUT2D eigenvalue weighted by molar-refractivity contribution is 6.30. The van der Waals surface area contributed by atoms with Crippen molar-refractivity contribution in [1.82, 2.24) is 10.2 Å². The van der Waals surface area contributed by atoms with E-state index in [0.29, 0.717) is 11.4 Å². The Kier molecular flexibility index (Phi) is 3.99. The number of halogens is 1. The number of piperazine rings is 1. The normalized spacial score (nSPS) is 20.3. The number of carbonyl (C=O) groups is 2. The Morgan fingerprint density at radius 2 is 2.22 bits per heavy atom. The van der Waals surface area contributed by atoms with E-state index in [0.717, 1.165) is 5.56 Å². The predicted molar refractivity (Wildman–Crippen MR) is 69.1 cm³/mol. The Hall–Kier alpha value is -1.39. The predicted octanol–water partition coefficient (Wildman–Crippen LogP) is 1.58. The molecule has 0 bridgehead atoms. The lowest BCUT2D eigenvalue weighted by molar-refractivity contribution is -0.150. The summed E-state index contributed by atoms with van der Waals surface area (Å²) in [5, 5.41) is 3.53. The topological polar surface area (TPSA) is 49.4 Å². The molecule has 0 aliphatic carbocycles. The molecular formula is C13H15ClN2O2. The third-order valence-electron chi connectivity index (χ3n) is 3.00. The number of carbonyl (C=O) groups excluding carboxylic acids is 2. The van der Waals surface area contributed by atoms with Gasteiger partial charge in [0.2, 0.25) is 11.8 Å². The fourth-order valence-corrected chi connectivity index (χ4v) is 2.22.